The summed E-state index contributed by atoms with van der Waals surface area (Å²) in [6.45, 7) is 0. The monoisotopic (exact) mass is 690 g/mol. The van der Waals surface area contributed by atoms with Gasteiger partial charge in [0.1, 0.15) is 11.2 Å². The van der Waals surface area contributed by atoms with Gasteiger partial charge in [0.2, 0.25) is 0 Å². The van der Waals surface area contributed by atoms with Crippen LogP contribution in [0.1, 0.15) is 0 Å². The molecule has 0 bridgehead atoms. The Hall–Kier alpha value is -7.37. The molecule has 5 nitrogen and oxygen atoms in total. The third-order valence-corrected chi connectivity index (χ3v) is 10.5. The molecule has 0 aliphatic rings. The number of fused-ring (bicyclic) bond motifs is 8. The molecule has 252 valence electrons. The third-order valence-electron chi connectivity index (χ3n) is 10.5. The quantitative estimate of drug-likeness (QED) is 0.180. The van der Waals surface area contributed by atoms with Gasteiger partial charge in [-0.3, -0.25) is 0 Å². The molecule has 0 N–H and O–H groups in total. The highest BCUT2D eigenvalue weighted by atomic mass is 16.3. The van der Waals surface area contributed by atoms with E-state index in [9.17, 15) is 0 Å². The highest BCUT2D eigenvalue weighted by molar-refractivity contribution is 6.21. The molecule has 3 aromatic heterocycles. The van der Waals surface area contributed by atoms with Gasteiger partial charge in [0.15, 0.2) is 17.5 Å². The number of benzene rings is 8. The van der Waals surface area contributed by atoms with Crippen molar-refractivity contribution in [2.24, 2.45) is 0 Å². The Balaban J connectivity index is 1.09. The van der Waals surface area contributed by atoms with Crippen LogP contribution in [0.4, 0.5) is 0 Å². The van der Waals surface area contributed by atoms with E-state index in [2.05, 4.69) is 150 Å². The first-order valence-electron chi connectivity index (χ1n) is 18.1. The van der Waals surface area contributed by atoms with Gasteiger partial charge < -0.3 is 8.98 Å². The van der Waals surface area contributed by atoms with Crippen molar-refractivity contribution in [1.82, 2.24) is 19.5 Å². The zero-order valence-electron chi connectivity index (χ0n) is 29.0. The maximum atomic E-state index is 6.46. The standard InChI is InChI=1S/C49H30N4O/c1-2-12-31(13-3-1)34-15-10-16-35(30-34)48-50-47(51-49(52-48)41-21-11-20-39-38-18-7-9-23-44(38)54-46(39)41)33-24-27-36(28-25-33)53-42-22-8-6-19-40(42)45-37-17-5-4-14-32(37)26-29-43(45)53/h1-30H. The Kier molecular flexibility index (Phi) is 6.79. The van der Waals surface area contributed by atoms with Crippen LogP contribution in [-0.2, 0) is 0 Å². The largest absolute Gasteiger partial charge is 0.455 e. The van der Waals surface area contributed by atoms with Crippen LogP contribution in [0, 0.1) is 0 Å². The fraction of sp³-hybridized carbons (Fsp3) is 0. The fourth-order valence-electron chi connectivity index (χ4n) is 7.92. The van der Waals surface area contributed by atoms with Gasteiger partial charge in [0, 0.05) is 38.4 Å². The van der Waals surface area contributed by atoms with Gasteiger partial charge in [-0.05, 0) is 76.5 Å². The number of hydrogen-bond donors (Lipinski definition) is 0. The molecule has 0 fully saturated rings. The molecule has 11 rings (SSSR count). The van der Waals surface area contributed by atoms with Gasteiger partial charge in [-0.2, -0.15) is 0 Å². The molecule has 0 spiro atoms. The first-order valence-corrected chi connectivity index (χ1v) is 18.1. The molecule has 0 amide bonds. The molecule has 54 heavy (non-hydrogen) atoms. The maximum absolute atomic E-state index is 6.46. The minimum atomic E-state index is 0.558. The van der Waals surface area contributed by atoms with E-state index in [4.69, 9.17) is 19.4 Å². The van der Waals surface area contributed by atoms with Crippen molar-refractivity contribution in [2.75, 3.05) is 0 Å². The Morgan fingerprint density at radius 1 is 0.389 bits per heavy atom. The summed E-state index contributed by atoms with van der Waals surface area (Å²) in [5.41, 5.74) is 9.85. The lowest BCUT2D eigenvalue weighted by molar-refractivity contribution is 0.669. The molecular formula is C49H30N4O. The molecule has 3 heterocycles. The van der Waals surface area contributed by atoms with Crippen LogP contribution in [0.3, 0.4) is 0 Å². The van der Waals surface area contributed by atoms with E-state index in [-0.39, 0.29) is 0 Å². The van der Waals surface area contributed by atoms with Gasteiger partial charge in [-0.15, -0.1) is 0 Å². The second-order valence-electron chi connectivity index (χ2n) is 13.6. The predicted molar refractivity (Wildman–Crippen MR) is 221 cm³/mol. The van der Waals surface area contributed by atoms with Gasteiger partial charge >= 0.3 is 0 Å². The van der Waals surface area contributed by atoms with E-state index in [0.29, 0.717) is 17.5 Å². The Bertz CT molecular complexity index is 3210. The molecule has 11 aromatic rings. The molecule has 0 unspecified atom stereocenters. The SMILES string of the molecule is c1ccc(-c2cccc(-c3nc(-c4ccc(-n5c6ccccc6c6c7ccccc7ccc65)cc4)nc(-c4cccc5c4oc4ccccc45)n3)c2)cc1. The van der Waals surface area contributed by atoms with Crippen molar-refractivity contribution < 1.29 is 4.42 Å². The first kappa shape index (κ1) is 30.3. The average molecular weight is 691 g/mol. The van der Waals surface area contributed by atoms with E-state index in [1.807, 2.05) is 36.4 Å². The summed E-state index contributed by atoms with van der Waals surface area (Å²) < 4.78 is 8.81. The lowest BCUT2D eigenvalue weighted by Gasteiger charge is -2.11. The van der Waals surface area contributed by atoms with E-state index >= 15 is 0 Å². The van der Waals surface area contributed by atoms with Crippen LogP contribution >= 0.6 is 0 Å². The Labute approximate surface area is 310 Å². The van der Waals surface area contributed by atoms with Gasteiger partial charge in [0.05, 0.1) is 16.6 Å². The number of aromatic nitrogens is 4. The van der Waals surface area contributed by atoms with Gasteiger partial charge in [-0.1, -0.05) is 127 Å². The molecule has 8 aromatic carbocycles. The van der Waals surface area contributed by atoms with Crippen LogP contribution in [0.5, 0.6) is 0 Å². The molecule has 0 radical (unpaired) electrons. The summed E-state index contributed by atoms with van der Waals surface area (Å²) in [6, 6.07) is 63.3. The van der Waals surface area contributed by atoms with E-state index in [0.717, 1.165) is 55.4 Å². The van der Waals surface area contributed by atoms with Crippen LogP contribution in [-0.4, -0.2) is 19.5 Å². The van der Waals surface area contributed by atoms with E-state index in [1.54, 1.807) is 0 Å². The first-order chi connectivity index (χ1) is 26.8. The normalized spacial score (nSPS) is 11.7. The summed E-state index contributed by atoms with van der Waals surface area (Å²) in [5, 5.41) is 7.07. The lowest BCUT2D eigenvalue weighted by Crippen LogP contribution is -2.01. The predicted octanol–water partition coefficient (Wildman–Crippen LogP) is 12.7. The van der Waals surface area contributed by atoms with Crippen LogP contribution in [0.2, 0.25) is 0 Å². The molecule has 5 heteroatoms. The summed E-state index contributed by atoms with van der Waals surface area (Å²) in [7, 11) is 0. The molecule has 0 saturated heterocycles. The second kappa shape index (κ2) is 12.1. The lowest BCUT2D eigenvalue weighted by atomic mass is 10.0. The zero-order valence-corrected chi connectivity index (χ0v) is 29.0. The number of hydrogen-bond acceptors (Lipinski definition) is 4. The average Bonchev–Trinajstić information content (AvgIpc) is 3.80. The molecular weight excluding hydrogens is 661 g/mol. The van der Waals surface area contributed by atoms with Crippen LogP contribution < -0.4 is 0 Å². The minimum Gasteiger partial charge on any atom is -0.455 e. The van der Waals surface area contributed by atoms with Crippen molar-refractivity contribution in [1.29, 1.82) is 0 Å². The summed E-state index contributed by atoms with van der Waals surface area (Å²) in [5.74, 6) is 1.75. The Morgan fingerprint density at radius 3 is 1.91 bits per heavy atom. The van der Waals surface area contributed by atoms with Crippen molar-refractivity contribution in [3.63, 3.8) is 0 Å². The van der Waals surface area contributed by atoms with Crippen LogP contribution in [0.15, 0.2) is 186 Å². The second-order valence-corrected chi connectivity index (χ2v) is 13.6. The van der Waals surface area contributed by atoms with E-state index in [1.165, 1.54) is 32.6 Å². The van der Waals surface area contributed by atoms with Crippen molar-refractivity contribution in [3.05, 3.63) is 182 Å². The molecule has 0 aliphatic carbocycles. The maximum Gasteiger partial charge on any atom is 0.167 e. The fourth-order valence-corrected chi connectivity index (χ4v) is 7.92. The van der Waals surface area contributed by atoms with E-state index < -0.39 is 0 Å². The number of rotatable bonds is 5. The number of para-hydroxylation sites is 3. The van der Waals surface area contributed by atoms with Crippen molar-refractivity contribution in [3.8, 4) is 51.0 Å². The Morgan fingerprint density at radius 2 is 1.04 bits per heavy atom. The van der Waals surface area contributed by atoms with Crippen molar-refractivity contribution in [2.45, 2.75) is 0 Å². The number of furan rings is 1. The highest BCUT2D eigenvalue weighted by Crippen LogP contribution is 2.38. The third kappa shape index (κ3) is 4.83. The summed E-state index contributed by atoms with van der Waals surface area (Å²) in [4.78, 5) is 15.4. The summed E-state index contributed by atoms with van der Waals surface area (Å²) >= 11 is 0. The smallest absolute Gasteiger partial charge is 0.167 e. The highest BCUT2D eigenvalue weighted by Gasteiger charge is 2.19. The minimum absolute atomic E-state index is 0.558. The zero-order chi connectivity index (χ0) is 35.6. The molecule has 0 saturated carbocycles. The topological polar surface area (TPSA) is 56.7 Å². The van der Waals surface area contributed by atoms with Crippen LogP contribution in [0.25, 0.3) is 105 Å². The van der Waals surface area contributed by atoms with Gasteiger partial charge in [-0.25, -0.2) is 15.0 Å². The summed E-state index contributed by atoms with van der Waals surface area (Å²) in [6.07, 6.45) is 0. The molecule has 0 aliphatic heterocycles. The van der Waals surface area contributed by atoms with Gasteiger partial charge in [0.25, 0.3) is 0 Å². The molecule has 0 atom stereocenters. The number of nitrogens with zero attached hydrogens (tertiary/aromatic N) is 4. The van der Waals surface area contributed by atoms with Crippen molar-refractivity contribution >= 4 is 54.5 Å².